The molecule has 0 aromatic heterocycles. The molecule has 2 aliphatic rings. The van der Waals surface area contributed by atoms with E-state index < -0.39 is 0 Å². The summed E-state index contributed by atoms with van der Waals surface area (Å²) in [5.41, 5.74) is 7.91. The van der Waals surface area contributed by atoms with E-state index in [2.05, 4.69) is 16.9 Å². The Labute approximate surface area is 171 Å². The molecule has 0 saturated carbocycles. The minimum Gasteiger partial charge on any atom is -0.493 e. The van der Waals surface area contributed by atoms with E-state index in [-0.39, 0.29) is 23.9 Å². The van der Waals surface area contributed by atoms with Gasteiger partial charge in [-0.05, 0) is 42.7 Å². The van der Waals surface area contributed by atoms with Crippen LogP contribution in [0.15, 0.2) is 54.6 Å². The molecule has 0 spiro atoms. The maximum atomic E-state index is 12.9. The zero-order chi connectivity index (χ0) is 19.3. The summed E-state index contributed by atoms with van der Waals surface area (Å²) in [7, 11) is 0. The van der Waals surface area contributed by atoms with Gasteiger partial charge in [0.15, 0.2) is 0 Å². The summed E-state index contributed by atoms with van der Waals surface area (Å²) in [4.78, 5) is 14.9. The predicted molar refractivity (Wildman–Crippen MR) is 110 cm³/mol. The topological polar surface area (TPSA) is 53.6 Å². The van der Waals surface area contributed by atoms with Crippen molar-refractivity contribution in [3.05, 3.63) is 65.2 Å². The quantitative estimate of drug-likeness (QED) is 0.782. The molecule has 148 valence electrons. The molecule has 5 nitrogen and oxygen atoms in total. The van der Waals surface area contributed by atoms with Gasteiger partial charge in [-0.2, -0.15) is 0 Å². The number of carbonyl (C=O) groups is 1. The monoisotopic (exact) mass is 399 g/mol. The van der Waals surface area contributed by atoms with Crippen molar-refractivity contribution in [3.63, 3.8) is 0 Å². The van der Waals surface area contributed by atoms with Crippen molar-refractivity contribution in [2.45, 2.75) is 37.3 Å². The van der Waals surface area contributed by atoms with Gasteiger partial charge in [-0.3, -0.25) is 15.6 Å². The highest BCUT2D eigenvalue weighted by molar-refractivity contribution is 6.30. The number of para-hydroxylation sites is 1. The van der Waals surface area contributed by atoms with Crippen LogP contribution in [0.5, 0.6) is 5.75 Å². The van der Waals surface area contributed by atoms with Crippen molar-refractivity contribution in [1.82, 2.24) is 15.8 Å². The van der Waals surface area contributed by atoms with Gasteiger partial charge in [0.1, 0.15) is 5.75 Å². The predicted octanol–water partition coefficient (Wildman–Crippen LogP) is 3.36. The van der Waals surface area contributed by atoms with Crippen LogP contribution in [0, 0.1) is 0 Å². The Morgan fingerprint density at radius 2 is 2.04 bits per heavy atom. The van der Waals surface area contributed by atoms with Crippen LogP contribution < -0.4 is 15.6 Å². The van der Waals surface area contributed by atoms with E-state index in [4.69, 9.17) is 16.3 Å². The standard InChI is InChI=1S/C22H26ClN3O2/c23-17-7-4-6-16(14-17)19-15-24-25-22(19)20-10-5-12-26(20)21(27)11-13-28-18-8-2-1-3-9-18/h1-4,6-9,14,19-20,22,24-25H,5,10-13,15H2. The number of carbonyl (C=O) groups excluding carboxylic acids is 1. The third-order valence-electron chi connectivity index (χ3n) is 5.66. The Morgan fingerprint density at radius 3 is 2.86 bits per heavy atom. The second-order valence-electron chi connectivity index (χ2n) is 7.42. The summed E-state index contributed by atoms with van der Waals surface area (Å²) < 4.78 is 5.71. The van der Waals surface area contributed by atoms with Crippen molar-refractivity contribution in [3.8, 4) is 5.75 Å². The lowest BCUT2D eigenvalue weighted by Gasteiger charge is -2.32. The van der Waals surface area contributed by atoms with Gasteiger partial charge in [0.2, 0.25) is 5.91 Å². The number of amides is 1. The molecule has 4 rings (SSSR count). The number of likely N-dealkylation sites (tertiary alicyclic amines) is 1. The van der Waals surface area contributed by atoms with Crippen LogP contribution in [-0.4, -0.2) is 42.6 Å². The Kier molecular flexibility index (Phi) is 6.15. The second-order valence-corrected chi connectivity index (χ2v) is 7.86. The van der Waals surface area contributed by atoms with Gasteiger partial charge in [0, 0.05) is 36.1 Å². The van der Waals surface area contributed by atoms with E-state index in [9.17, 15) is 4.79 Å². The fraction of sp³-hybridized carbons (Fsp3) is 0.409. The SMILES string of the molecule is O=C(CCOc1ccccc1)N1CCCC1C1NNCC1c1cccc(Cl)c1. The molecule has 0 radical (unpaired) electrons. The fourth-order valence-electron chi connectivity index (χ4n) is 4.33. The normalized spacial score (nSPS) is 24.5. The molecule has 6 heteroatoms. The minimum atomic E-state index is 0.164. The smallest absolute Gasteiger partial charge is 0.226 e. The molecule has 2 aromatic rings. The Bertz CT molecular complexity index is 801. The number of nitrogens with one attached hydrogen (secondary N) is 2. The average Bonchev–Trinajstić information content (AvgIpc) is 3.38. The number of benzene rings is 2. The highest BCUT2D eigenvalue weighted by atomic mass is 35.5. The van der Waals surface area contributed by atoms with E-state index in [0.29, 0.717) is 13.0 Å². The zero-order valence-electron chi connectivity index (χ0n) is 15.8. The lowest BCUT2D eigenvalue weighted by molar-refractivity contribution is -0.133. The molecule has 2 fully saturated rings. The van der Waals surface area contributed by atoms with E-state index in [1.54, 1.807) is 0 Å². The molecule has 0 bridgehead atoms. The number of halogens is 1. The average molecular weight is 400 g/mol. The van der Waals surface area contributed by atoms with E-state index in [1.165, 1.54) is 5.56 Å². The van der Waals surface area contributed by atoms with Crippen LogP contribution >= 0.6 is 11.6 Å². The summed E-state index contributed by atoms with van der Waals surface area (Å²) in [6.45, 7) is 2.05. The lowest BCUT2D eigenvalue weighted by atomic mass is 9.87. The first-order chi connectivity index (χ1) is 13.7. The van der Waals surface area contributed by atoms with Crippen molar-refractivity contribution in [2.75, 3.05) is 19.7 Å². The van der Waals surface area contributed by atoms with E-state index in [1.807, 2.05) is 53.4 Å². The summed E-state index contributed by atoms with van der Waals surface area (Å²) >= 11 is 6.20. The van der Waals surface area contributed by atoms with Gasteiger partial charge in [-0.25, -0.2) is 0 Å². The second kappa shape index (κ2) is 8.95. The molecule has 2 saturated heterocycles. The first-order valence-corrected chi connectivity index (χ1v) is 10.3. The maximum Gasteiger partial charge on any atom is 0.226 e. The largest absolute Gasteiger partial charge is 0.493 e. The highest BCUT2D eigenvalue weighted by Crippen LogP contribution is 2.32. The van der Waals surface area contributed by atoms with Crippen LogP contribution in [0.4, 0.5) is 0 Å². The van der Waals surface area contributed by atoms with Gasteiger partial charge >= 0.3 is 0 Å². The van der Waals surface area contributed by atoms with Crippen LogP contribution in [0.3, 0.4) is 0 Å². The van der Waals surface area contributed by atoms with Gasteiger partial charge in [0.05, 0.1) is 13.0 Å². The molecule has 2 N–H and O–H groups in total. The zero-order valence-corrected chi connectivity index (χ0v) is 16.6. The Hall–Kier alpha value is -2.08. The number of nitrogens with zero attached hydrogens (tertiary/aromatic N) is 1. The fourth-order valence-corrected chi connectivity index (χ4v) is 4.53. The molecule has 3 unspecified atom stereocenters. The van der Waals surface area contributed by atoms with Gasteiger partial charge in [0.25, 0.3) is 0 Å². The van der Waals surface area contributed by atoms with Crippen LogP contribution in [0.25, 0.3) is 0 Å². The maximum absolute atomic E-state index is 12.9. The number of rotatable bonds is 6. The highest BCUT2D eigenvalue weighted by Gasteiger charge is 2.41. The third-order valence-corrected chi connectivity index (χ3v) is 5.90. The molecule has 2 heterocycles. The lowest BCUT2D eigenvalue weighted by Crippen LogP contribution is -2.50. The van der Waals surface area contributed by atoms with Crippen LogP contribution in [-0.2, 0) is 4.79 Å². The Morgan fingerprint density at radius 1 is 1.18 bits per heavy atom. The summed E-state index contributed by atoms with van der Waals surface area (Å²) in [6.07, 6.45) is 2.45. The minimum absolute atomic E-state index is 0.164. The molecule has 0 aliphatic carbocycles. The van der Waals surface area contributed by atoms with E-state index >= 15 is 0 Å². The van der Waals surface area contributed by atoms with Crippen LogP contribution in [0.2, 0.25) is 5.02 Å². The van der Waals surface area contributed by atoms with Gasteiger partial charge in [-0.15, -0.1) is 0 Å². The molecule has 2 aromatic carbocycles. The molecule has 28 heavy (non-hydrogen) atoms. The molecule has 2 aliphatic heterocycles. The summed E-state index contributed by atoms with van der Waals surface area (Å²) in [5, 5.41) is 0.751. The number of hydrogen-bond donors (Lipinski definition) is 2. The van der Waals surface area contributed by atoms with E-state index in [0.717, 1.165) is 36.7 Å². The van der Waals surface area contributed by atoms with Crippen molar-refractivity contribution >= 4 is 17.5 Å². The Balaban J connectivity index is 1.39. The van der Waals surface area contributed by atoms with Crippen LogP contribution in [0.1, 0.15) is 30.7 Å². The molecule has 3 atom stereocenters. The van der Waals surface area contributed by atoms with Gasteiger partial charge < -0.3 is 9.64 Å². The number of hydrogen-bond acceptors (Lipinski definition) is 4. The first-order valence-electron chi connectivity index (χ1n) is 9.93. The van der Waals surface area contributed by atoms with Gasteiger partial charge in [-0.1, -0.05) is 41.9 Å². The number of ether oxygens (including phenoxy) is 1. The number of hydrazine groups is 1. The van der Waals surface area contributed by atoms with Crippen molar-refractivity contribution in [1.29, 1.82) is 0 Å². The third kappa shape index (κ3) is 4.32. The first kappa shape index (κ1) is 19.2. The summed E-state index contributed by atoms with van der Waals surface area (Å²) in [6, 6.07) is 18.0. The van der Waals surface area contributed by atoms with Crippen molar-refractivity contribution in [2.24, 2.45) is 0 Å². The van der Waals surface area contributed by atoms with Crippen molar-refractivity contribution < 1.29 is 9.53 Å². The molecular weight excluding hydrogens is 374 g/mol. The molecule has 1 amide bonds. The molecular formula is C22H26ClN3O2. The summed E-state index contributed by atoms with van der Waals surface area (Å²) in [5.74, 6) is 1.26.